The quantitative estimate of drug-likeness (QED) is 0.872. The first-order chi connectivity index (χ1) is 8.54. The fraction of sp³-hybridized carbons (Fsp3) is 0.500. The van der Waals surface area contributed by atoms with Gasteiger partial charge in [-0.1, -0.05) is 18.6 Å². The van der Waals surface area contributed by atoms with Crippen LogP contribution in [0.5, 0.6) is 0 Å². The summed E-state index contributed by atoms with van der Waals surface area (Å²) in [5.74, 6) is -0.316. The number of carbonyl (C=O) groups excluding carboxylic acids is 1. The standard InChI is InChI=1S/C14H19FN2O/c1-9-3-4-12(15)11(7-9)14(18)17-6-5-10(2)13(17)8-16/h3-4,7,10,13H,5-6,8,16H2,1-2H3. The van der Waals surface area contributed by atoms with Crippen LogP contribution in [0.3, 0.4) is 0 Å². The summed E-state index contributed by atoms with van der Waals surface area (Å²) in [6, 6.07) is 4.64. The first-order valence-electron chi connectivity index (χ1n) is 6.31. The number of likely N-dealkylation sites (tertiary alicyclic amines) is 1. The van der Waals surface area contributed by atoms with Crippen molar-refractivity contribution in [1.82, 2.24) is 4.90 Å². The summed E-state index contributed by atoms with van der Waals surface area (Å²) >= 11 is 0. The van der Waals surface area contributed by atoms with Gasteiger partial charge in [0, 0.05) is 19.1 Å². The van der Waals surface area contributed by atoms with Crippen LogP contribution in [0.2, 0.25) is 0 Å². The minimum absolute atomic E-state index is 0.0254. The maximum Gasteiger partial charge on any atom is 0.257 e. The van der Waals surface area contributed by atoms with Crippen LogP contribution in [0.25, 0.3) is 0 Å². The molecule has 2 rings (SSSR count). The zero-order valence-corrected chi connectivity index (χ0v) is 10.8. The summed E-state index contributed by atoms with van der Waals surface area (Å²) in [6.45, 7) is 5.02. The van der Waals surface area contributed by atoms with Gasteiger partial charge in [-0.25, -0.2) is 4.39 Å². The van der Waals surface area contributed by atoms with Crippen LogP contribution in [0.15, 0.2) is 18.2 Å². The minimum Gasteiger partial charge on any atom is -0.334 e. The molecule has 0 radical (unpaired) electrons. The average Bonchev–Trinajstić information content (AvgIpc) is 2.72. The van der Waals surface area contributed by atoms with Crippen LogP contribution in [0.1, 0.15) is 29.3 Å². The van der Waals surface area contributed by atoms with E-state index in [0.29, 0.717) is 19.0 Å². The van der Waals surface area contributed by atoms with Gasteiger partial charge in [0.1, 0.15) is 5.82 Å². The zero-order valence-electron chi connectivity index (χ0n) is 10.8. The average molecular weight is 250 g/mol. The number of nitrogens with zero attached hydrogens (tertiary/aromatic N) is 1. The van der Waals surface area contributed by atoms with Crippen LogP contribution >= 0.6 is 0 Å². The van der Waals surface area contributed by atoms with Gasteiger partial charge in [0.05, 0.1) is 5.56 Å². The van der Waals surface area contributed by atoms with E-state index in [0.717, 1.165) is 12.0 Å². The number of aryl methyl sites for hydroxylation is 1. The van der Waals surface area contributed by atoms with E-state index in [9.17, 15) is 9.18 Å². The highest BCUT2D eigenvalue weighted by Crippen LogP contribution is 2.25. The van der Waals surface area contributed by atoms with Gasteiger partial charge in [0.25, 0.3) is 5.91 Å². The molecule has 2 unspecified atom stereocenters. The Bertz CT molecular complexity index is 461. The summed E-state index contributed by atoms with van der Waals surface area (Å²) in [5, 5.41) is 0. The summed E-state index contributed by atoms with van der Waals surface area (Å²) in [4.78, 5) is 14.1. The second-order valence-electron chi connectivity index (χ2n) is 5.05. The molecule has 1 aromatic rings. The molecule has 1 aliphatic rings. The van der Waals surface area contributed by atoms with Crippen LogP contribution in [-0.2, 0) is 0 Å². The minimum atomic E-state index is -0.457. The van der Waals surface area contributed by atoms with E-state index in [2.05, 4.69) is 6.92 Å². The lowest BCUT2D eigenvalue weighted by atomic mass is 10.0. The van der Waals surface area contributed by atoms with E-state index in [1.165, 1.54) is 6.07 Å². The summed E-state index contributed by atoms with van der Waals surface area (Å²) < 4.78 is 13.7. The van der Waals surface area contributed by atoms with Gasteiger partial charge in [-0.15, -0.1) is 0 Å². The number of amides is 1. The van der Waals surface area contributed by atoms with Gasteiger partial charge in [0.15, 0.2) is 0 Å². The number of halogens is 1. The molecule has 2 N–H and O–H groups in total. The lowest BCUT2D eigenvalue weighted by Gasteiger charge is -2.26. The molecule has 1 heterocycles. The Balaban J connectivity index is 2.28. The largest absolute Gasteiger partial charge is 0.334 e. The van der Waals surface area contributed by atoms with Crippen LogP contribution in [0.4, 0.5) is 4.39 Å². The molecule has 3 nitrogen and oxygen atoms in total. The van der Waals surface area contributed by atoms with Crippen LogP contribution < -0.4 is 5.73 Å². The van der Waals surface area contributed by atoms with Gasteiger partial charge >= 0.3 is 0 Å². The first kappa shape index (κ1) is 13.0. The lowest BCUT2D eigenvalue weighted by molar-refractivity contribution is 0.0722. The second kappa shape index (κ2) is 5.06. The number of nitrogens with two attached hydrogens (primary N) is 1. The molecule has 0 aliphatic carbocycles. The molecule has 0 bridgehead atoms. The highest BCUT2D eigenvalue weighted by Gasteiger charge is 2.34. The smallest absolute Gasteiger partial charge is 0.257 e. The summed E-state index contributed by atoms with van der Waals surface area (Å²) in [6.07, 6.45) is 0.932. The van der Waals surface area contributed by atoms with Crippen molar-refractivity contribution in [3.05, 3.63) is 35.1 Å². The Morgan fingerprint density at radius 1 is 1.56 bits per heavy atom. The van der Waals surface area contributed by atoms with Gasteiger partial charge in [0.2, 0.25) is 0 Å². The number of hydrogen-bond acceptors (Lipinski definition) is 2. The third-order valence-electron chi connectivity index (χ3n) is 3.74. The Hall–Kier alpha value is -1.42. The Morgan fingerprint density at radius 3 is 2.94 bits per heavy atom. The molecule has 2 atom stereocenters. The fourth-order valence-electron chi connectivity index (χ4n) is 2.58. The Labute approximate surface area is 107 Å². The third kappa shape index (κ3) is 2.25. The summed E-state index contributed by atoms with van der Waals surface area (Å²) in [7, 11) is 0. The molecule has 0 saturated carbocycles. The Kier molecular flexibility index (Phi) is 3.66. The van der Waals surface area contributed by atoms with Crippen LogP contribution in [0, 0.1) is 18.7 Å². The van der Waals surface area contributed by atoms with E-state index in [1.54, 1.807) is 17.0 Å². The van der Waals surface area contributed by atoms with Crippen molar-refractivity contribution in [2.75, 3.05) is 13.1 Å². The number of carbonyl (C=O) groups is 1. The van der Waals surface area contributed by atoms with Gasteiger partial charge in [-0.2, -0.15) is 0 Å². The molecule has 1 aliphatic heterocycles. The predicted octanol–water partition coefficient (Wildman–Crippen LogP) is 1.94. The summed E-state index contributed by atoms with van der Waals surface area (Å²) in [5.41, 5.74) is 6.75. The van der Waals surface area contributed by atoms with E-state index in [1.807, 2.05) is 6.92 Å². The molecule has 98 valence electrons. The number of hydrogen-bond donors (Lipinski definition) is 1. The van der Waals surface area contributed by atoms with Crippen molar-refractivity contribution in [2.45, 2.75) is 26.3 Å². The highest BCUT2D eigenvalue weighted by atomic mass is 19.1. The topological polar surface area (TPSA) is 46.3 Å². The molecule has 4 heteroatoms. The normalized spacial score (nSPS) is 23.4. The molecule has 1 fully saturated rings. The molecule has 1 amide bonds. The van der Waals surface area contributed by atoms with Crippen LogP contribution in [-0.4, -0.2) is 29.9 Å². The molecule has 0 spiro atoms. The first-order valence-corrected chi connectivity index (χ1v) is 6.31. The molecule has 0 aromatic heterocycles. The second-order valence-corrected chi connectivity index (χ2v) is 5.05. The predicted molar refractivity (Wildman–Crippen MR) is 68.8 cm³/mol. The van der Waals surface area contributed by atoms with Crippen molar-refractivity contribution in [1.29, 1.82) is 0 Å². The number of rotatable bonds is 2. The molecule has 1 saturated heterocycles. The van der Waals surface area contributed by atoms with E-state index < -0.39 is 5.82 Å². The molecule has 1 aromatic carbocycles. The van der Waals surface area contributed by atoms with E-state index in [-0.39, 0.29) is 17.5 Å². The molecular formula is C14H19FN2O. The van der Waals surface area contributed by atoms with Gasteiger partial charge in [-0.05, 0) is 31.4 Å². The highest BCUT2D eigenvalue weighted by molar-refractivity contribution is 5.95. The van der Waals surface area contributed by atoms with Crippen molar-refractivity contribution >= 4 is 5.91 Å². The monoisotopic (exact) mass is 250 g/mol. The van der Waals surface area contributed by atoms with Crippen molar-refractivity contribution in [3.8, 4) is 0 Å². The van der Waals surface area contributed by atoms with E-state index in [4.69, 9.17) is 5.73 Å². The SMILES string of the molecule is Cc1ccc(F)c(C(=O)N2CCC(C)C2CN)c1. The maximum atomic E-state index is 13.7. The molecule has 18 heavy (non-hydrogen) atoms. The van der Waals surface area contributed by atoms with Gasteiger partial charge < -0.3 is 10.6 Å². The maximum absolute atomic E-state index is 13.7. The van der Waals surface area contributed by atoms with Crippen molar-refractivity contribution in [3.63, 3.8) is 0 Å². The van der Waals surface area contributed by atoms with Gasteiger partial charge in [-0.3, -0.25) is 4.79 Å². The zero-order chi connectivity index (χ0) is 13.3. The van der Waals surface area contributed by atoms with Crippen molar-refractivity contribution in [2.24, 2.45) is 11.7 Å². The number of benzene rings is 1. The lowest BCUT2D eigenvalue weighted by Crippen LogP contribution is -2.42. The Morgan fingerprint density at radius 2 is 2.28 bits per heavy atom. The fourth-order valence-corrected chi connectivity index (χ4v) is 2.58. The van der Waals surface area contributed by atoms with Crippen molar-refractivity contribution < 1.29 is 9.18 Å². The molecular weight excluding hydrogens is 231 g/mol. The van der Waals surface area contributed by atoms with E-state index >= 15 is 0 Å². The third-order valence-corrected chi connectivity index (χ3v) is 3.74.